The average Bonchev–Trinajstić information content (AvgIpc) is 3.14. The molecular weight excluding hydrogens is 420 g/mol. The number of thiophene rings is 1. The number of halogens is 1. The van der Waals surface area contributed by atoms with Gasteiger partial charge in [-0.2, -0.15) is 16.6 Å². The highest BCUT2D eigenvalue weighted by Gasteiger charge is 2.25. The molecule has 0 fully saturated rings. The van der Waals surface area contributed by atoms with Gasteiger partial charge in [-0.1, -0.05) is 15.9 Å². The molecule has 126 valence electrons. The molecule has 3 rings (SSSR count). The van der Waals surface area contributed by atoms with Crippen molar-refractivity contribution in [2.45, 2.75) is 11.4 Å². The molecule has 0 bridgehead atoms. The Labute approximate surface area is 159 Å². The summed E-state index contributed by atoms with van der Waals surface area (Å²) in [6.45, 7) is 0.244. The van der Waals surface area contributed by atoms with E-state index in [-0.39, 0.29) is 11.4 Å². The third-order valence-corrected chi connectivity index (χ3v) is 6.64. The van der Waals surface area contributed by atoms with Gasteiger partial charge in [0.25, 0.3) is 10.0 Å². The first-order valence-corrected chi connectivity index (χ1v) is 10.5. The highest BCUT2D eigenvalue weighted by molar-refractivity contribution is 9.10. The normalized spacial score (nSPS) is 11.0. The number of hydrogen-bond acceptors (Lipinski definition) is 4. The average molecular weight is 433 g/mol. The molecule has 0 unspecified atom stereocenters. The summed E-state index contributed by atoms with van der Waals surface area (Å²) in [5.74, 6) is 0. The highest BCUT2D eigenvalue weighted by Crippen LogP contribution is 2.28. The summed E-state index contributed by atoms with van der Waals surface area (Å²) >= 11 is 4.90. The maximum Gasteiger partial charge on any atom is 0.264 e. The molecule has 3 aromatic rings. The Balaban J connectivity index is 2.05. The van der Waals surface area contributed by atoms with E-state index in [1.165, 1.54) is 39.9 Å². The van der Waals surface area contributed by atoms with Gasteiger partial charge in [0, 0.05) is 4.47 Å². The van der Waals surface area contributed by atoms with Gasteiger partial charge in [0.05, 0.1) is 28.8 Å². The molecule has 1 aromatic heterocycles. The van der Waals surface area contributed by atoms with Crippen molar-refractivity contribution in [1.29, 1.82) is 5.26 Å². The standard InChI is InChI=1S/C18H13BrN2O2S2/c19-16-3-5-17(6-4-16)21(12-15-9-10-24-13-15)25(22,23)18-7-1-14(11-20)2-8-18/h1-10,13H,12H2. The fraction of sp³-hybridized carbons (Fsp3) is 0.0556. The first-order chi connectivity index (χ1) is 12.0. The Bertz CT molecular complexity index is 991. The Morgan fingerprint density at radius 2 is 1.72 bits per heavy atom. The van der Waals surface area contributed by atoms with Crippen LogP contribution in [-0.2, 0) is 16.6 Å². The molecule has 0 amide bonds. The number of nitrogens with zero attached hydrogens (tertiary/aromatic N) is 2. The van der Waals surface area contributed by atoms with Crippen LogP contribution in [0.4, 0.5) is 5.69 Å². The van der Waals surface area contributed by atoms with Crippen molar-refractivity contribution in [3.05, 3.63) is 81.0 Å². The fourth-order valence-corrected chi connectivity index (χ4v) is 4.68. The number of benzene rings is 2. The summed E-state index contributed by atoms with van der Waals surface area (Å²) in [6.07, 6.45) is 0. The largest absolute Gasteiger partial charge is 0.264 e. The summed E-state index contributed by atoms with van der Waals surface area (Å²) in [5, 5.41) is 12.8. The van der Waals surface area contributed by atoms with Crippen LogP contribution in [0.2, 0.25) is 0 Å². The Kier molecular flexibility index (Phi) is 5.23. The van der Waals surface area contributed by atoms with Crippen molar-refractivity contribution >= 4 is 43.0 Å². The van der Waals surface area contributed by atoms with E-state index in [2.05, 4.69) is 15.9 Å². The second kappa shape index (κ2) is 7.40. The summed E-state index contributed by atoms with van der Waals surface area (Å²) in [5.41, 5.74) is 1.93. The van der Waals surface area contributed by atoms with Crippen molar-refractivity contribution in [2.24, 2.45) is 0 Å². The molecule has 7 heteroatoms. The fourth-order valence-electron chi connectivity index (χ4n) is 2.30. The SMILES string of the molecule is N#Cc1ccc(S(=O)(=O)N(Cc2ccsc2)c2ccc(Br)cc2)cc1. The Hall–Kier alpha value is -2.14. The van der Waals surface area contributed by atoms with E-state index in [0.717, 1.165) is 10.0 Å². The molecule has 0 aliphatic carbocycles. The first kappa shape index (κ1) is 17.7. The number of sulfonamides is 1. The molecule has 0 radical (unpaired) electrons. The van der Waals surface area contributed by atoms with Gasteiger partial charge in [-0.05, 0) is 70.9 Å². The van der Waals surface area contributed by atoms with E-state index < -0.39 is 10.0 Å². The Morgan fingerprint density at radius 3 is 2.28 bits per heavy atom. The number of nitriles is 1. The lowest BCUT2D eigenvalue weighted by Gasteiger charge is -2.24. The van der Waals surface area contributed by atoms with Gasteiger partial charge in [-0.3, -0.25) is 4.31 Å². The molecule has 0 saturated carbocycles. The van der Waals surface area contributed by atoms with E-state index in [4.69, 9.17) is 5.26 Å². The minimum absolute atomic E-state index is 0.157. The number of hydrogen-bond donors (Lipinski definition) is 0. The van der Waals surface area contributed by atoms with Crippen molar-refractivity contribution < 1.29 is 8.42 Å². The van der Waals surface area contributed by atoms with Gasteiger partial charge >= 0.3 is 0 Å². The predicted octanol–water partition coefficient (Wildman–Crippen LogP) is 4.78. The van der Waals surface area contributed by atoms with Crippen LogP contribution in [-0.4, -0.2) is 8.42 Å². The molecule has 2 aromatic carbocycles. The van der Waals surface area contributed by atoms with Gasteiger partial charge in [0.2, 0.25) is 0 Å². The zero-order chi connectivity index (χ0) is 17.9. The van der Waals surface area contributed by atoms with Gasteiger partial charge in [0.1, 0.15) is 0 Å². The molecule has 25 heavy (non-hydrogen) atoms. The van der Waals surface area contributed by atoms with Gasteiger partial charge in [0.15, 0.2) is 0 Å². The molecule has 0 aliphatic heterocycles. The van der Waals surface area contributed by atoms with Crippen LogP contribution in [0.15, 0.2) is 74.7 Å². The van der Waals surface area contributed by atoms with Gasteiger partial charge in [-0.15, -0.1) is 0 Å². The molecule has 1 heterocycles. The summed E-state index contributed by atoms with van der Waals surface area (Å²) in [7, 11) is -3.75. The lowest BCUT2D eigenvalue weighted by molar-refractivity contribution is 0.590. The van der Waals surface area contributed by atoms with Crippen LogP contribution in [0, 0.1) is 11.3 Å². The molecular formula is C18H13BrN2O2S2. The van der Waals surface area contributed by atoms with Crippen molar-refractivity contribution in [2.75, 3.05) is 4.31 Å². The Morgan fingerprint density at radius 1 is 1.04 bits per heavy atom. The highest BCUT2D eigenvalue weighted by atomic mass is 79.9. The molecule has 0 N–H and O–H groups in total. The van der Waals surface area contributed by atoms with E-state index in [9.17, 15) is 8.42 Å². The monoisotopic (exact) mass is 432 g/mol. The topological polar surface area (TPSA) is 61.2 Å². The molecule has 0 atom stereocenters. The van der Waals surface area contributed by atoms with Gasteiger partial charge < -0.3 is 0 Å². The van der Waals surface area contributed by atoms with Crippen LogP contribution in [0.3, 0.4) is 0 Å². The second-order valence-electron chi connectivity index (χ2n) is 5.26. The molecule has 0 spiro atoms. The first-order valence-electron chi connectivity index (χ1n) is 7.30. The van der Waals surface area contributed by atoms with Crippen LogP contribution < -0.4 is 4.31 Å². The zero-order valence-electron chi connectivity index (χ0n) is 13.0. The molecule has 0 aliphatic rings. The molecule has 0 saturated heterocycles. The quantitative estimate of drug-likeness (QED) is 0.582. The van der Waals surface area contributed by atoms with E-state index >= 15 is 0 Å². The van der Waals surface area contributed by atoms with E-state index in [0.29, 0.717) is 11.3 Å². The van der Waals surface area contributed by atoms with Crippen molar-refractivity contribution in [1.82, 2.24) is 0 Å². The zero-order valence-corrected chi connectivity index (χ0v) is 16.2. The third-order valence-electron chi connectivity index (χ3n) is 3.59. The van der Waals surface area contributed by atoms with Crippen molar-refractivity contribution in [3.63, 3.8) is 0 Å². The summed E-state index contributed by atoms with van der Waals surface area (Å²) < 4.78 is 28.6. The smallest absolute Gasteiger partial charge is 0.262 e. The van der Waals surface area contributed by atoms with Crippen LogP contribution in [0.5, 0.6) is 0 Å². The second-order valence-corrected chi connectivity index (χ2v) is 8.81. The minimum atomic E-state index is -3.75. The van der Waals surface area contributed by atoms with E-state index in [1.807, 2.05) is 35.0 Å². The molecule has 4 nitrogen and oxygen atoms in total. The predicted molar refractivity (Wildman–Crippen MR) is 103 cm³/mol. The van der Waals surface area contributed by atoms with Crippen LogP contribution >= 0.6 is 27.3 Å². The lowest BCUT2D eigenvalue weighted by atomic mass is 10.2. The van der Waals surface area contributed by atoms with E-state index in [1.54, 1.807) is 12.1 Å². The lowest BCUT2D eigenvalue weighted by Crippen LogP contribution is -2.30. The third kappa shape index (κ3) is 3.93. The maximum absolute atomic E-state index is 13.2. The number of rotatable bonds is 5. The summed E-state index contributed by atoms with van der Waals surface area (Å²) in [4.78, 5) is 0.157. The van der Waals surface area contributed by atoms with Gasteiger partial charge in [-0.25, -0.2) is 8.42 Å². The van der Waals surface area contributed by atoms with Crippen molar-refractivity contribution in [3.8, 4) is 6.07 Å². The number of anilines is 1. The van der Waals surface area contributed by atoms with Crippen LogP contribution in [0.25, 0.3) is 0 Å². The maximum atomic E-state index is 13.2. The van der Waals surface area contributed by atoms with Crippen LogP contribution in [0.1, 0.15) is 11.1 Å². The summed E-state index contributed by atoms with van der Waals surface area (Å²) in [6, 6.07) is 17.0. The minimum Gasteiger partial charge on any atom is -0.262 e.